The molecule has 2 N–H and O–H groups in total. The molecule has 1 fully saturated rings. The zero-order valence-electron chi connectivity index (χ0n) is 17.1. The van der Waals surface area contributed by atoms with Crippen molar-refractivity contribution in [2.24, 2.45) is 0 Å². The molecule has 5 rings (SSSR count). The number of nitrogens with zero attached hydrogens (tertiary/aromatic N) is 2. The molecule has 1 aromatic heterocycles. The van der Waals surface area contributed by atoms with Gasteiger partial charge in [-0.05, 0) is 61.4 Å². The van der Waals surface area contributed by atoms with Crippen LogP contribution in [0.2, 0.25) is 0 Å². The summed E-state index contributed by atoms with van der Waals surface area (Å²) in [5.41, 5.74) is 2.21. The predicted octanol–water partition coefficient (Wildman–Crippen LogP) is 2.98. The second-order valence-electron chi connectivity index (χ2n) is 7.78. The molecule has 2 aromatic carbocycles. The average molecular weight is 436 g/mol. The highest BCUT2D eigenvalue weighted by Crippen LogP contribution is 2.32. The van der Waals surface area contributed by atoms with Gasteiger partial charge in [-0.15, -0.1) is 0 Å². The summed E-state index contributed by atoms with van der Waals surface area (Å²) in [5, 5.41) is 9.98. The molecule has 2 aliphatic rings. The number of H-pyrrole nitrogens is 1. The van der Waals surface area contributed by atoms with Gasteiger partial charge in [0.1, 0.15) is 11.5 Å². The fourth-order valence-electron chi connectivity index (χ4n) is 3.90. The van der Waals surface area contributed by atoms with Crippen LogP contribution in [-0.2, 0) is 0 Å². The van der Waals surface area contributed by atoms with Gasteiger partial charge in [0.2, 0.25) is 6.79 Å². The maximum Gasteiger partial charge on any atom is 0.271 e. The molecule has 0 atom stereocenters. The first-order valence-corrected chi connectivity index (χ1v) is 10.4. The fraction of sp³-hybridized carbons (Fsp3) is 0.261. The van der Waals surface area contributed by atoms with E-state index in [-0.39, 0.29) is 30.5 Å². The highest BCUT2D eigenvalue weighted by Gasteiger charge is 2.26. The molecule has 3 aromatic rings. The fourth-order valence-corrected chi connectivity index (χ4v) is 3.90. The lowest BCUT2D eigenvalue weighted by molar-refractivity contribution is 0.0692. The molecule has 1 saturated heterocycles. The number of ether oxygens (including phenoxy) is 2. The van der Waals surface area contributed by atoms with Crippen LogP contribution in [0.3, 0.4) is 0 Å². The third-order valence-electron chi connectivity index (χ3n) is 5.70. The van der Waals surface area contributed by atoms with E-state index in [0.717, 1.165) is 5.56 Å². The van der Waals surface area contributed by atoms with Gasteiger partial charge in [0.05, 0.1) is 5.69 Å². The first-order valence-electron chi connectivity index (χ1n) is 10.4. The van der Waals surface area contributed by atoms with E-state index in [9.17, 15) is 14.0 Å². The van der Waals surface area contributed by atoms with Crippen LogP contribution in [0.1, 0.15) is 33.7 Å². The molecule has 2 aliphatic heterocycles. The third kappa shape index (κ3) is 4.01. The van der Waals surface area contributed by atoms with Crippen LogP contribution >= 0.6 is 0 Å². The molecule has 0 aliphatic carbocycles. The van der Waals surface area contributed by atoms with E-state index < -0.39 is 0 Å². The lowest BCUT2D eigenvalue weighted by atomic mass is 10.0. The van der Waals surface area contributed by atoms with Gasteiger partial charge in [0.15, 0.2) is 11.5 Å². The van der Waals surface area contributed by atoms with Crippen molar-refractivity contribution in [3.05, 3.63) is 65.6 Å². The van der Waals surface area contributed by atoms with Gasteiger partial charge >= 0.3 is 0 Å². The summed E-state index contributed by atoms with van der Waals surface area (Å²) in [6.07, 6.45) is 1.31. The minimum absolute atomic E-state index is 0.0199. The van der Waals surface area contributed by atoms with Crippen molar-refractivity contribution in [2.45, 2.75) is 18.9 Å². The molecule has 0 saturated carbocycles. The normalized spacial score (nSPS) is 15.6. The number of aromatic amines is 1. The van der Waals surface area contributed by atoms with Crippen molar-refractivity contribution >= 4 is 11.8 Å². The first-order chi connectivity index (χ1) is 15.6. The van der Waals surface area contributed by atoms with E-state index in [1.54, 1.807) is 41.3 Å². The maximum absolute atomic E-state index is 13.1. The van der Waals surface area contributed by atoms with Crippen LogP contribution in [0, 0.1) is 5.82 Å². The van der Waals surface area contributed by atoms with Gasteiger partial charge in [0, 0.05) is 30.3 Å². The number of likely N-dealkylation sites (tertiary alicyclic amines) is 1. The van der Waals surface area contributed by atoms with E-state index in [4.69, 9.17) is 9.47 Å². The lowest BCUT2D eigenvalue weighted by Crippen LogP contribution is -2.46. The number of piperidine rings is 1. The maximum atomic E-state index is 13.1. The zero-order valence-corrected chi connectivity index (χ0v) is 17.1. The number of hydrogen-bond donors (Lipinski definition) is 2. The molecular formula is C23H21FN4O4. The van der Waals surface area contributed by atoms with Crippen LogP contribution in [0.25, 0.3) is 11.3 Å². The molecule has 0 radical (unpaired) electrons. The van der Waals surface area contributed by atoms with E-state index in [2.05, 4.69) is 15.5 Å². The topological polar surface area (TPSA) is 96.6 Å². The number of carbonyl (C=O) groups is 2. The molecule has 0 spiro atoms. The Morgan fingerprint density at radius 3 is 2.56 bits per heavy atom. The van der Waals surface area contributed by atoms with Crippen molar-refractivity contribution in [1.29, 1.82) is 0 Å². The quantitative estimate of drug-likeness (QED) is 0.656. The summed E-state index contributed by atoms with van der Waals surface area (Å²) >= 11 is 0. The Kier molecular flexibility index (Phi) is 5.22. The Morgan fingerprint density at radius 1 is 1.03 bits per heavy atom. The number of nitrogens with one attached hydrogen (secondary N) is 2. The molecule has 2 amide bonds. The monoisotopic (exact) mass is 436 g/mol. The average Bonchev–Trinajstić information content (AvgIpc) is 3.49. The van der Waals surface area contributed by atoms with E-state index in [1.807, 2.05) is 0 Å². The summed E-state index contributed by atoms with van der Waals surface area (Å²) < 4.78 is 23.7. The van der Waals surface area contributed by atoms with Crippen LogP contribution in [-0.4, -0.2) is 52.8 Å². The second-order valence-corrected chi connectivity index (χ2v) is 7.78. The molecule has 8 nitrogen and oxygen atoms in total. The van der Waals surface area contributed by atoms with Gasteiger partial charge in [-0.3, -0.25) is 14.7 Å². The number of rotatable bonds is 4. The van der Waals surface area contributed by atoms with Crippen molar-refractivity contribution in [3.63, 3.8) is 0 Å². The second kappa shape index (κ2) is 8.33. The molecule has 9 heteroatoms. The van der Waals surface area contributed by atoms with Gasteiger partial charge in [0.25, 0.3) is 11.8 Å². The van der Waals surface area contributed by atoms with Crippen molar-refractivity contribution in [3.8, 4) is 22.8 Å². The zero-order chi connectivity index (χ0) is 22.1. The standard InChI is InChI=1S/C23H21FN4O4/c24-16-4-1-14(2-5-16)18-12-19(27-26-18)23(30)28-9-7-17(8-10-28)25-22(29)15-3-6-20-21(11-15)32-13-31-20/h1-6,11-12,17H,7-10,13H2,(H,25,29)(H,26,27). The van der Waals surface area contributed by atoms with E-state index in [1.165, 1.54) is 12.1 Å². The predicted molar refractivity (Wildman–Crippen MR) is 113 cm³/mol. The van der Waals surface area contributed by atoms with Crippen molar-refractivity contribution in [1.82, 2.24) is 20.4 Å². The van der Waals surface area contributed by atoms with Gasteiger partial charge in [-0.1, -0.05) is 0 Å². The van der Waals surface area contributed by atoms with Crippen molar-refractivity contribution in [2.75, 3.05) is 19.9 Å². The number of aromatic nitrogens is 2. The number of carbonyl (C=O) groups excluding carboxylic acids is 2. The number of benzene rings is 2. The summed E-state index contributed by atoms with van der Waals surface area (Å²) in [7, 11) is 0. The van der Waals surface area contributed by atoms with E-state index in [0.29, 0.717) is 54.4 Å². The Balaban J connectivity index is 1.16. The van der Waals surface area contributed by atoms with Crippen LogP contribution in [0.15, 0.2) is 48.5 Å². The van der Waals surface area contributed by atoms with Crippen LogP contribution < -0.4 is 14.8 Å². The number of fused-ring (bicyclic) bond motifs is 1. The molecule has 0 bridgehead atoms. The molecule has 164 valence electrons. The highest BCUT2D eigenvalue weighted by molar-refractivity contribution is 5.95. The summed E-state index contributed by atoms with van der Waals surface area (Å²) in [6.45, 7) is 1.21. The van der Waals surface area contributed by atoms with Gasteiger partial charge in [-0.2, -0.15) is 5.10 Å². The Hall–Kier alpha value is -3.88. The van der Waals surface area contributed by atoms with Crippen LogP contribution in [0.4, 0.5) is 4.39 Å². The third-order valence-corrected chi connectivity index (χ3v) is 5.70. The summed E-state index contributed by atoms with van der Waals surface area (Å²) in [5.74, 6) is 0.554. The highest BCUT2D eigenvalue weighted by atomic mass is 19.1. The largest absolute Gasteiger partial charge is 0.454 e. The SMILES string of the molecule is O=C(NC1CCN(C(=O)c2cc(-c3ccc(F)cc3)n[nH]2)CC1)c1ccc2c(c1)OCO2. The minimum atomic E-state index is -0.325. The summed E-state index contributed by atoms with van der Waals surface area (Å²) in [4.78, 5) is 27.2. The summed E-state index contributed by atoms with van der Waals surface area (Å²) in [6, 6.07) is 12.7. The molecular weight excluding hydrogens is 415 g/mol. The Morgan fingerprint density at radius 2 is 1.78 bits per heavy atom. The molecule has 0 unspecified atom stereocenters. The van der Waals surface area contributed by atoms with Crippen LogP contribution in [0.5, 0.6) is 11.5 Å². The smallest absolute Gasteiger partial charge is 0.271 e. The lowest BCUT2D eigenvalue weighted by Gasteiger charge is -2.32. The minimum Gasteiger partial charge on any atom is -0.454 e. The van der Waals surface area contributed by atoms with Gasteiger partial charge in [-0.25, -0.2) is 4.39 Å². The Labute approximate surface area is 183 Å². The Bertz CT molecular complexity index is 1150. The van der Waals surface area contributed by atoms with Crippen molar-refractivity contribution < 1.29 is 23.5 Å². The van der Waals surface area contributed by atoms with E-state index >= 15 is 0 Å². The first kappa shape index (κ1) is 20.0. The molecule has 3 heterocycles. The number of amides is 2. The molecule has 32 heavy (non-hydrogen) atoms. The number of halogens is 1. The number of hydrogen-bond acceptors (Lipinski definition) is 5. The van der Waals surface area contributed by atoms with Gasteiger partial charge < -0.3 is 19.7 Å².